The number of rotatable bonds is 9. The van der Waals surface area contributed by atoms with Crippen LogP contribution in [0.3, 0.4) is 0 Å². The van der Waals surface area contributed by atoms with Gasteiger partial charge in [0.05, 0.1) is 41.8 Å². The number of nitrogen functional groups attached to an aromatic ring is 1. The maximum Gasteiger partial charge on any atom is 0.163 e. The number of nitrogens with zero attached hydrogens (tertiary/aromatic N) is 1. The third kappa shape index (κ3) is 5.26. The van der Waals surface area contributed by atoms with Crippen LogP contribution in [0.15, 0.2) is 42.5 Å². The number of benzene rings is 2. The zero-order valence-electron chi connectivity index (χ0n) is 20.6. The average Bonchev–Trinajstić information content (AvgIpc) is 3.10. The molecule has 1 saturated heterocycles. The van der Waals surface area contributed by atoms with Crippen LogP contribution in [-0.4, -0.2) is 34.5 Å². The molecule has 8 heteroatoms. The van der Waals surface area contributed by atoms with Gasteiger partial charge in [-0.2, -0.15) is 4.72 Å². The molecule has 0 radical (unpaired) electrons. The van der Waals surface area contributed by atoms with Crippen molar-refractivity contribution in [3.05, 3.63) is 42.5 Å². The minimum absolute atomic E-state index is 0.181. The summed E-state index contributed by atoms with van der Waals surface area (Å²) in [5.74, 6) is 0.893. The number of hydrogen-bond donors (Lipinski definition) is 3. The molecule has 2 atom stereocenters. The van der Waals surface area contributed by atoms with E-state index in [-0.39, 0.29) is 12.1 Å². The molecule has 2 aliphatic rings. The van der Waals surface area contributed by atoms with Gasteiger partial charge in [0.2, 0.25) is 0 Å². The third-order valence-electron chi connectivity index (χ3n) is 7.22. The van der Waals surface area contributed by atoms with E-state index in [9.17, 15) is 4.55 Å². The van der Waals surface area contributed by atoms with Crippen molar-refractivity contribution in [2.24, 2.45) is 0 Å². The van der Waals surface area contributed by atoms with Crippen molar-refractivity contribution in [1.29, 1.82) is 0 Å². The van der Waals surface area contributed by atoms with Crippen molar-refractivity contribution >= 4 is 33.8 Å². The van der Waals surface area contributed by atoms with E-state index in [1.165, 1.54) is 6.42 Å². The van der Waals surface area contributed by atoms with Gasteiger partial charge in [-0.15, -0.1) is 4.72 Å². The number of nitrogens with two attached hydrogens (primary N) is 1. The second kappa shape index (κ2) is 10.7. The van der Waals surface area contributed by atoms with E-state index >= 15 is 0 Å². The molecule has 0 bridgehead atoms. The largest absolute Gasteiger partial charge is 0.574 e. The van der Waals surface area contributed by atoms with Crippen LogP contribution < -0.4 is 19.9 Å². The van der Waals surface area contributed by atoms with Gasteiger partial charge in [-0.25, -0.2) is 0 Å². The molecule has 4 N–H and O–H groups in total. The van der Waals surface area contributed by atoms with E-state index < -0.39 is 11.5 Å². The van der Waals surface area contributed by atoms with Crippen molar-refractivity contribution in [3.63, 3.8) is 0 Å². The van der Waals surface area contributed by atoms with Gasteiger partial charge < -0.3 is 24.3 Å². The maximum atomic E-state index is 12.3. The first kappa shape index (κ1) is 24.3. The molecule has 1 aliphatic carbocycles. The van der Waals surface area contributed by atoms with Crippen LogP contribution in [0.25, 0.3) is 22.2 Å². The number of anilines is 2. The Morgan fingerprint density at radius 1 is 1.14 bits per heavy atom. The molecule has 1 aliphatic heterocycles. The molecular weight excluding hydrogens is 460 g/mol. The van der Waals surface area contributed by atoms with Crippen LogP contribution in [0.5, 0.6) is 5.75 Å². The van der Waals surface area contributed by atoms with Gasteiger partial charge in [-0.05, 0) is 56.9 Å². The lowest BCUT2D eigenvalue weighted by Gasteiger charge is -2.30. The van der Waals surface area contributed by atoms with Crippen molar-refractivity contribution in [3.8, 4) is 17.0 Å². The molecule has 2 aromatic carbocycles. The average molecular weight is 497 g/mol. The van der Waals surface area contributed by atoms with Crippen LogP contribution in [0.4, 0.5) is 11.4 Å². The van der Waals surface area contributed by atoms with Gasteiger partial charge in [0.15, 0.2) is 11.5 Å². The molecule has 188 valence electrons. The summed E-state index contributed by atoms with van der Waals surface area (Å²) in [5.41, 5.74) is 11.6. The minimum atomic E-state index is -1.33. The second-order valence-corrected chi connectivity index (χ2v) is 10.7. The Balaban J connectivity index is 1.44. The SMILES string of the molecule is CC[C@H](C)N[S+]([O-])Nc1ccc(-c2c(N)c3ccc(OC4CCOCC4)cc3n2C2CCC2)cc1. The molecule has 2 fully saturated rings. The smallest absolute Gasteiger partial charge is 0.163 e. The highest BCUT2D eigenvalue weighted by Gasteiger charge is 2.27. The highest BCUT2D eigenvalue weighted by Crippen LogP contribution is 2.45. The highest BCUT2D eigenvalue weighted by atomic mass is 32.2. The van der Waals surface area contributed by atoms with Crippen LogP contribution in [0.2, 0.25) is 0 Å². The normalized spacial score (nSPS) is 18.8. The molecular formula is C27H36N4O3S. The molecule has 0 spiro atoms. The van der Waals surface area contributed by atoms with Crippen LogP contribution in [0.1, 0.15) is 58.4 Å². The quantitative estimate of drug-likeness (QED) is 0.336. The Hall–Kier alpha value is -2.39. The van der Waals surface area contributed by atoms with E-state index in [0.29, 0.717) is 6.04 Å². The summed E-state index contributed by atoms with van der Waals surface area (Å²) in [6, 6.07) is 15.0. The lowest BCUT2D eigenvalue weighted by Crippen LogP contribution is -2.36. The van der Waals surface area contributed by atoms with Crippen LogP contribution in [0, 0.1) is 0 Å². The van der Waals surface area contributed by atoms with Gasteiger partial charge in [0.25, 0.3) is 0 Å². The molecule has 0 amide bonds. The third-order valence-corrected chi connectivity index (χ3v) is 8.25. The zero-order chi connectivity index (χ0) is 24.4. The molecule has 1 aromatic heterocycles. The fourth-order valence-corrected chi connectivity index (χ4v) is 5.73. The molecule has 5 rings (SSSR count). The Bertz CT molecular complexity index is 1140. The van der Waals surface area contributed by atoms with E-state index in [0.717, 1.165) is 84.6 Å². The van der Waals surface area contributed by atoms with Gasteiger partial charge in [0.1, 0.15) is 11.9 Å². The lowest BCUT2D eigenvalue weighted by atomic mass is 9.92. The van der Waals surface area contributed by atoms with Gasteiger partial charge in [-0.3, -0.25) is 0 Å². The van der Waals surface area contributed by atoms with Gasteiger partial charge >= 0.3 is 0 Å². The summed E-state index contributed by atoms with van der Waals surface area (Å²) in [6.07, 6.45) is 6.51. The maximum absolute atomic E-state index is 12.3. The van der Waals surface area contributed by atoms with Gasteiger partial charge in [-0.1, -0.05) is 19.1 Å². The predicted octanol–water partition coefficient (Wildman–Crippen LogP) is 5.55. The number of aromatic nitrogens is 1. The van der Waals surface area contributed by atoms with Gasteiger partial charge in [0, 0.05) is 35.9 Å². The van der Waals surface area contributed by atoms with E-state index in [1.807, 2.05) is 25.1 Å². The molecule has 2 heterocycles. The monoisotopic (exact) mass is 496 g/mol. The first-order chi connectivity index (χ1) is 17.0. The molecule has 3 aromatic rings. The number of nitrogens with one attached hydrogen (secondary N) is 2. The lowest BCUT2D eigenvalue weighted by molar-refractivity contribution is 0.0256. The summed E-state index contributed by atoms with van der Waals surface area (Å²) in [4.78, 5) is 0. The molecule has 1 saturated carbocycles. The van der Waals surface area contributed by atoms with Crippen LogP contribution in [-0.2, 0) is 16.3 Å². The number of fused-ring (bicyclic) bond motifs is 1. The second-order valence-electron chi connectivity index (χ2n) is 9.70. The van der Waals surface area contributed by atoms with Crippen molar-refractivity contribution in [2.75, 3.05) is 23.7 Å². The van der Waals surface area contributed by atoms with Crippen molar-refractivity contribution < 1.29 is 14.0 Å². The molecule has 35 heavy (non-hydrogen) atoms. The van der Waals surface area contributed by atoms with E-state index in [1.54, 1.807) is 0 Å². The van der Waals surface area contributed by atoms with Crippen molar-refractivity contribution in [1.82, 2.24) is 9.29 Å². The van der Waals surface area contributed by atoms with E-state index in [4.69, 9.17) is 15.2 Å². The fraction of sp³-hybridized carbons (Fsp3) is 0.481. The predicted molar refractivity (Wildman–Crippen MR) is 144 cm³/mol. The summed E-state index contributed by atoms with van der Waals surface area (Å²) in [7, 11) is 0. The summed E-state index contributed by atoms with van der Waals surface area (Å²) < 4.78 is 32.6. The van der Waals surface area contributed by atoms with Crippen molar-refractivity contribution in [2.45, 2.75) is 70.6 Å². The number of hydrogen-bond acceptors (Lipinski definition) is 6. The first-order valence-corrected chi connectivity index (χ1v) is 13.9. The highest BCUT2D eigenvalue weighted by molar-refractivity contribution is 7.90. The van der Waals surface area contributed by atoms with E-state index in [2.05, 4.69) is 45.2 Å². The Morgan fingerprint density at radius 3 is 2.54 bits per heavy atom. The van der Waals surface area contributed by atoms with Crippen LogP contribution >= 0.6 is 0 Å². The minimum Gasteiger partial charge on any atom is -0.574 e. The zero-order valence-corrected chi connectivity index (χ0v) is 21.4. The summed E-state index contributed by atoms with van der Waals surface area (Å²) in [5, 5.41) is 1.06. The fourth-order valence-electron chi connectivity index (χ4n) is 4.79. The topological polar surface area (TPSA) is 96.5 Å². The Labute approximate surface area is 210 Å². The Kier molecular flexibility index (Phi) is 7.43. The summed E-state index contributed by atoms with van der Waals surface area (Å²) >= 11 is -1.33. The molecule has 7 nitrogen and oxygen atoms in total. The standard InChI is InChI=1S/C27H36N4O3S/c1-3-18(2)29-35(32)30-20-9-7-19(8-10-20)27-26(28)24-12-11-23(34-22-13-15-33-16-14-22)17-25(24)31(27)21-5-4-6-21/h7-12,17-18,21-22,29-30H,3-6,13-16,28H2,1-2H3/t18-,35?/m0/s1. The summed E-state index contributed by atoms with van der Waals surface area (Å²) in [6.45, 7) is 5.60. The number of ether oxygens (including phenoxy) is 2. The molecule has 1 unspecified atom stereocenters. The Morgan fingerprint density at radius 2 is 1.89 bits per heavy atom. The first-order valence-electron chi connectivity index (χ1n) is 12.8.